The predicted molar refractivity (Wildman–Crippen MR) is 53.4 cm³/mol. The first-order chi connectivity index (χ1) is 6.86. The van der Waals surface area contributed by atoms with Crippen molar-refractivity contribution in [1.29, 1.82) is 0 Å². The monoisotopic (exact) mass is 194 g/mol. The number of nitrogens with zero attached hydrogens (tertiary/aromatic N) is 1. The highest BCUT2D eigenvalue weighted by Gasteiger charge is 2.08. The molecule has 0 aromatic carbocycles. The number of nitrogens with one attached hydrogen (secondary N) is 1. The molecule has 0 amide bonds. The molecule has 1 atom stereocenters. The van der Waals surface area contributed by atoms with Crippen molar-refractivity contribution >= 4 is 6.08 Å². The number of rotatable bonds is 5. The van der Waals surface area contributed by atoms with E-state index in [1.54, 1.807) is 0 Å². The molecule has 0 spiro atoms. The summed E-state index contributed by atoms with van der Waals surface area (Å²) in [6.07, 6.45) is 8.60. The first-order valence-electron chi connectivity index (χ1n) is 4.59. The van der Waals surface area contributed by atoms with E-state index in [4.69, 9.17) is 5.11 Å². The van der Waals surface area contributed by atoms with Gasteiger partial charge in [-0.3, -0.25) is 5.32 Å². The molecule has 2 N–H and O–H groups in total. The maximum atomic E-state index is 9.93. The summed E-state index contributed by atoms with van der Waals surface area (Å²) in [4.78, 5) is 13.5. The van der Waals surface area contributed by atoms with Crippen LogP contribution in [0, 0.1) is 5.92 Å². The largest absolute Gasteiger partial charge is 0.381 e. The Morgan fingerprint density at radius 2 is 2.57 bits per heavy atom. The molecule has 0 saturated heterocycles. The van der Waals surface area contributed by atoms with Gasteiger partial charge in [-0.15, -0.1) is 0 Å². The number of hydrogen-bond donors (Lipinski definition) is 2. The van der Waals surface area contributed by atoms with Crippen LogP contribution in [0.3, 0.4) is 0 Å². The molecule has 0 aromatic rings. The third-order valence-corrected chi connectivity index (χ3v) is 2.05. The van der Waals surface area contributed by atoms with Crippen molar-refractivity contribution in [1.82, 2.24) is 5.32 Å². The second-order valence-corrected chi connectivity index (χ2v) is 3.16. The first-order valence-corrected chi connectivity index (χ1v) is 4.59. The Bertz CT molecular complexity index is 278. The van der Waals surface area contributed by atoms with Crippen LogP contribution in [0.4, 0.5) is 0 Å². The van der Waals surface area contributed by atoms with E-state index in [-0.39, 0.29) is 12.6 Å². The van der Waals surface area contributed by atoms with Gasteiger partial charge in [0, 0.05) is 12.5 Å². The van der Waals surface area contributed by atoms with Crippen molar-refractivity contribution in [3.63, 3.8) is 0 Å². The second-order valence-electron chi connectivity index (χ2n) is 3.16. The van der Waals surface area contributed by atoms with Crippen LogP contribution in [0.1, 0.15) is 6.42 Å². The number of aliphatic imine (C=N–C) groups is 1. The van der Waals surface area contributed by atoms with Gasteiger partial charge in [-0.25, -0.2) is 9.79 Å². The van der Waals surface area contributed by atoms with Gasteiger partial charge in [-0.2, -0.15) is 0 Å². The average Bonchev–Trinajstić information content (AvgIpc) is 2.24. The van der Waals surface area contributed by atoms with Crippen molar-refractivity contribution in [2.45, 2.75) is 6.42 Å². The minimum atomic E-state index is -0.0255. The topological polar surface area (TPSA) is 61.7 Å². The average molecular weight is 194 g/mol. The molecule has 1 aliphatic carbocycles. The smallest absolute Gasteiger partial charge is 0.234 e. The number of isocyanates is 1. The number of hydrogen-bond acceptors (Lipinski definition) is 4. The Labute approximate surface area is 83.0 Å². The van der Waals surface area contributed by atoms with Crippen LogP contribution < -0.4 is 5.32 Å². The minimum Gasteiger partial charge on any atom is -0.381 e. The second kappa shape index (κ2) is 6.27. The van der Waals surface area contributed by atoms with Crippen molar-refractivity contribution in [3.8, 4) is 0 Å². The van der Waals surface area contributed by atoms with Crippen LogP contribution in [0.2, 0.25) is 0 Å². The molecule has 0 fully saturated rings. The lowest BCUT2D eigenvalue weighted by molar-refractivity contribution is 0.266. The summed E-state index contributed by atoms with van der Waals surface area (Å²) in [5.41, 5.74) is 1.12. The number of carbonyl (C=O) groups excluding carboxylic acids is 1. The van der Waals surface area contributed by atoms with Crippen LogP contribution in [-0.4, -0.2) is 31.0 Å². The lowest BCUT2D eigenvalue weighted by atomic mass is 9.96. The Hall–Kier alpha value is -1.22. The number of aliphatic hydroxyl groups excluding tert-OH is 1. The molecule has 4 nitrogen and oxygen atoms in total. The molecule has 0 bridgehead atoms. The van der Waals surface area contributed by atoms with Gasteiger partial charge in [0.15, 0.2) is 0 Å². The Kier molecular flexibility index (Phi) is 4.86. The highest BCUT2D eigenvalue weighted by atomic mass is 16.3. The fraction of sp³-hybridized carbons (Fsp3) is 0.500. The summed E-state index contributed by atoms with van der Waals surface area (Å²) in [7, 11) is 0. The normalized spacial score (nSPS) is 20.1. The van der Waals surface area contributed by atoms with E-state index in [2.05, 4.69) is 22.5 Å². The number of allylic oxidation sites excluding steroid dienone is 1. The lowest BCUT2D eigenvalue weighted by Crippen LogP contribution is -2.19. The minimum absolute atomic E-state index is 0.0255. The molecule has 0 saturated carbocycles. The highest BCUT2D eigenvalue weighted by molar-refractivity contribution is 5.33. The molecular weight excluding hydrogens is 180 g/mol. The van der Waals surface area contributed by atoms with Gasteiger partial charge in [0.25, 0.3) is 0 Å². The molecule has 76 valence electrons. The van der Waals surface area contributed by atoms with E-state index in [0.29, 0.717) is 13.1 Å². The van der Waals surface area contributed by atoms with E-state index in [1.165, 1.54) is 6.08 Å². The van der Waals surface area contributed by atoms with Crippen LogP contribution in [0.5, 0.6) is 0 Å². The summed E-state index contributed by atoms with van der Waals surface area (Å²) in [6.45, 7) is 1.12. The maximum Gasteiger partial charge on any atom is 0.234 e. The van der Waals surface area contributed by atoms with Gasteiger partial charge in [-0.05, 0) is 12.0 Å². The zero-order chi connectivity index (χ0) is 10.2. The van der Waals surface area contributed by atoms with Crippen LogP contribution in [0.15, 0.2) is 28.8 Å². The molecule has 1 rings (SSSR count). The van der Waals surface area contributed by atoms with Crippen molar-refractivity contribution in [3.05, 3.63) is 23.8 Å². The van der Waals surface area contributed by atoms with Gasteiger partial charge in [0.2, 0.25) is 6.08 Å². The van der Waals surface area contributed by atoms with Gasteiger partial charge in [0.05, 0.1) is 13.3 Å². The van der Waals surface area contributed by atoms with Gasteiger partial charge < -0.3 is 5.11 Å². The van der Waals surface area contributed by atoms with E-state index >= 15 is 0 Å². The predicted octanol–water partition coefficient (Wildman–Crippen LogP) is 0.364. The molecule has 0 aromatic heterocycles. The molecular formula is C10H14N2O2. The Morgan fingerprint density at radius 1 is 1.71 bits per heavy atom. The maximum absolute atomic E-state index is 9.93. The van der Waals surface area contributed by atoms with Gasteiger partial charge in [-0.1, -0.05) is 18.2 Å². The molecule has 0 heterocycles. The SMILES string of the molecule is O=C=NCC1C=C(CNCO)C=CC1. The van der Waals surface area contributed by atoms with Crippen LogP contribution >= 0.6 is 0 Å². The van der Waals surface area contributed by atoms with Gasteiger partial charge in [0.1, 0.15) is 0 Å². The standard InChI is InChI=1S/C10H14N2O2/c13-7-11-5-9-2-1-3-10(4-9)6-12-8-14/h1-2,4,10-11,13H,3,5-7H2. The lowest BCUT2D eigenvalue weighted by Gasteiger charge is -2.14. The highest BCUT2D eigenvalue weighted by Crippen LogP contribution is 2.16. The quantitative estimate of drug-likeness (QED) is 0.377. The summed E-state index contributed by atoms with van der Waals surface area (Å²) >= 11 is 0. The molecule has 0 aliphatic heterocycles. The third kappa shape index (κ3) is 3.66. The third-order valence-electron chi connectivity index (χ3n) is 2.05. The van der Waals surface area contributed by atoms with Crippen molar-refractivity contribution in [2.24, 2.45) is 10.9 Å². The summed E-state index contributed by atoms with van der Waals surface area (Å²) in [5.74, 6) is 0.289. The zero-order valence-corrected chi connectivity index (χ0v) is 7.94. The fourth-order valence-electron chi connectivity index (χ4n) is 1.42. The Morgan fingerprint density at radius 3 is 3.29 bits per heavy atom. The zero-order valence-electron chi connectivity index (χ0n) is 7.94. The summed E-state index contributed by atoms with van der Waals surface area (Å²) in [5, 5.41) is 11.4. The first kappa shape index (κ1) is 10.9. The van der Waals surface area contributed by atoms with E-state index in [0.717, 1.165) is 12.0 Å². The molecule has 1 unspecified atom stereocenters. The summed E-state index contributed by atoms with van der Waals surface area (Å²) in [6, 6.07) is 0. The van der Waals surface area contributed by atoms with E-state index in [9.17, 15) is 4.79 Å². The van der Waals surface area contributed by atoms with E-state index < -0.39 is 0 Å². The Balaban J connectivity index is 2.45. The molecule has 0 radical (unpaired) electrons. The van der Waals surface area contributed by atoms with Crippen LogP contribution in [0.25, 0.3) is 0 Å². The van der Waals surface area contributed by atoms with Crippen LogP contribution in [-0.2, 0) is 4.79 Å². The number of aliphatic hydroxyl groups is 1. The molecule has 4 heteroatoms. The van der Waals surface area contributed by atoms with Crippen molar-refractivity contribution in [2.75, 3.05) is 19.8 Å². The van der Waals surface area contributed by atoms with Gasteiger partial charge >= 0.3 is 0 Å². The van der Waals surface area contributed by atoms with Crippen molar-refractivity contribution < 1.29 is 9.90 Å². The fourth-order valence-corrected chi connectivity index (χ4v) is 1.42. The summed E-state index contributed by atoms with van der Waals surface area (Å²) < 4.78 is 0. The molecule has 1 aliphatic rings. The van der Waals surface area contributed by atoms with E-state index in [1.807, 2.05) is 6.08 Å². The molecule has 14 heavy (non-hydrogen) atoms.